The van der Waals surface area contributed by atoms with Gasteiger partial charge in [-0.3, -0.25) is 19.7 Å². The van der Waals surface area contributed by atoms with Crippen LogP contribution < -0.4 is 4.90 Å². The van der Waals surface area contributed by atoms with Gasteiger partial charge in [0.25, 0.3) is 11.6 Å². The first-order valence-corrected chi connectivity index (χ1v) is 10.9. The summed E-state index contributed by atoms with van der Waals surface area (Å²) in [6.07, 6.45) is 1.19. The highest BCUT2D eigenvalue weighted by atomic mass is 19.2. The number of nitro groups is 1. The van der Waals surface area contributed by atoms with Crippen LogP contribution in [0.1, 0.15) is 23.2 Å². The monoisotopic (exact) mass is 458 g/mol. The molecule has 2 aromatic carbocycles. The molecule has 0 saturated carbocycles. The predicted molar refractivity (Wildman–Crippen MR) is 117 cm³/mol. The summed E-state index contributed by atoms with van der Waals surface area (Å²) in [6, 6.07) is 9.68. The second kappa shape index (κ2) is 9.51. The summed E-state index contributed by atoms with van der Waals surface area (Å²) in [5, 5.41) is 11.3. The molecule has 0 radical (unpaired) electrons. The Balaban J connectivity index is 1.30. The highest BCUT2D eigenvalue weighted by Gasteiger charge is 2.33. The third-order valence-corrected chi connectivity index (χ3v) is 6.31. The second-order valence-electron chi connectivity index (χ2n) is 8.25. The van der Waals surface area contributed by atoms with Crippen LogP contribution in [-0.4, -0.2) is 65.8 Å². The molecule has 0 bridgehead atoms. The maximum Gasteiger partial charge on any atom is 0.292 e. The van der Waals surface area contributed by atoms with Crippen LogP contribution >= 0.6 is 0 Å². The largest absolute Gasteiger partial charge is 0.366 e. The average molecular weight is 458 g/mol. The summed E-state index contributed by atoms with van der Waals surface area (Å²) in [7, 11) is 0. The third kappa shape index (κ3) is 4.79. The van der Waals surface area contributed by atoms with Crippen LogP contribution in [0.5, 0.6) is 0 Å². The lowest BCUT2D eigenvalue weighted by Crippen LogP contribution is -2.53. The molecule has 33 heavy (non-hydrogen) atoms. The number of hydrogen-bond acceptors (Lipinski definition) is 5. The van der Waals surface area contributed by atoms with Crippen LogP contribution in [0.3, 0.4) is 0 Å². The molecule has 0 unspecified atom stereocenters. The van der Waals surface area contributed by atoms with Gasteiger partial charge in [-0.15, -0.1) is 0 Å². The number of para-hydroxylation sites is 2. The van der Waals surface area contributed by atoms with E-state index in [1.165, 1.54) is 17.0 Å². The minimum atomic E-state index is -1.07. The van der Waals surface area contributed by atoms with Crippen LogP contribution in [0.25, 0.3) is 0 Å². The van der Waals surface area contributed by atoms with E-state index >= 15 is 0 Å². The highest BCUT2D eigenvalue weighted by molar-refractivity contribution is 5.94. The first-order valence-electron chi connectivity index (χ1n) is 10.9. The van der Waals surface area contributed by atoms with Gasteiger partial charge in [-0.1, -0.05) is 12.1 Å². The molecule has 174 valence electrons. The van der Waals surface area contributed by atoms with E-state index in [1.807, 2.05) is 4.90 Å². The molecule has 0 atom stereocenters. The topological polar surface area (TPSA) is 87.0 Å². The second-order valence-corrected chi connectivity index (χ2v) is 8.25. The molecule has 0 N–H and O–H groups in total. The van der Waals surface area contributed by atoms with E-state index in [0.717, 1.165) is 12.1 Å². The summed E-state index contributed by atoms with van der Waals surface area (Å²) in [4.78, 5) is 41.7. The predicted octanol–water partition coefficient (Wildman–Crippen LogP) is 3.07. The Morgan fingerprint density at radius 3 is 2.15 bits per heavy atom. The number of amides is 2. The van der Waals surface area contributed by atoms with Crippen LogP contribution in [0, 0.1) is 27.7 Å². The summed E-state index contributed by atoms with van der Waals surface area (Å²) in [5.41, 5.74) is 0.706. The Hall–Kier alpha value is -3.56. The molecule has 2 aliphatic heterocycles. The fourth-order valence-electron chi connectivity index (χ4n) is 4.45. The molecule has 8 nitrogen and oxygen atoms in total. The number of nitro benzene ring substituents is 1. The highest BCUT2D eigenvalue weighted by Crippen LogP contribution is 2.31. The van der Waals surface area contributed by atoms with Crippen molar-refractivity contribution in [3.05, 3.63) is 69.8 Å². The van der Waals surface area contributed by atoms with Gasteiger partial charge in [0.2, 0.25) is 5.91 Å². The standard InChI is InChI=1S/C23H24F2N4O4/c24-18-6-5-17(15-19(18)25)23(31)28-13-11-27(12-14-28)22(30)16-7-9-26(10-8-16)20-3-1-2-4-21(20)29(32)33/h1-6,15-16H,7-14H2. The molecule has 2 aliphatic rings. The molecule has 2 aromatic rings. The van der Waals surface area contributed by atoms with E-state index < -0.39 is 22.5 Å². The molecule has 0 spiro atoms. The smallest absolute Gasteiger partial charge is 0.292 e. The number of rotatable bonds is 4. The maximum atomic E-state index is 13.4. The van der Waals surface area contributed by atoms with E-state index in [-0.39, 0.29) is 23.1 Å². The van der Waals surface area contributed by atoms with E-state index in [4.69, 9.17) is 0 Å². The Morgan fingerprint density at radius 2 is 1.52 bits per heavy atom. The lowest BCUT2D eigenvalue weighted by molar-refractivity contribution is -0.384. The Labute approximate surface area is 189 Å². The first-order chi connectivity index (χ1) is 15.8. The number of benzene rings is 2. The van der Waals surface area contributed by atoms with Crippen molar-refractivity contribution in [3.63, 3.8) is 0 Å². The number of piperidine rings is 1. The molecule has 2 heterocycles. The molecule has 0 aliphatic carbocycles. The number of nitrogens with zero attached hydrogens (tertiary/aromatic N) is 4. The number of hydrogen-bond donors (Lipinski definition) is 0. The van der Waals surface area contributed by atoms with Crippen molar-refractivity contribution in [1.82, 2.24) is 9.80 Å². The zero-order valence-electron chi connectivity index (χ0n) is 18.0. The number of carbonyl (C=O) groups excluding carboxylic acids is 2. The van der Waals surface area contributed by atoms with Gasteiger partial charge in [0, 0.05) is 56.8 Å². The lowest BCUT2D eigenvalue weighted by Gasteiger charge is -2.39. The zero-order valence-corrected chi connectivity index (χ0v) is 18.0. The van der Waals surface area contributed by atoms with Gasteiger partial charge in [-0.2, -0.15) is 0 Å². The van der Waals surface area contributed by atoms with Crippen molar-refractivity contribution in [2.45, 2.75) is 12.8 Å². The molecular formula is C23H24F2N4O4. The van der Waals surface area contributed by atoms with E-state index in [0.29, 0.717) is 57.8 Å². The molecule has 2 amide bonds. The number of piperazine rings is 1. The minimum Gasteiger partial charge on any atom is -0.366 e. The van der Waals surface area contributed by atoms with Crippen LogP contribution in [-0.2, 0) is 4.79 Å². The zero-order chi connectivity index (χ0) is 23.5. The van der Waals surface area contributed by atoms with Gasteiger partial charge in [-0.05, 0) is 37.1 Å². The molecule has 4 rings (SSSR count). The normalized spacial score (nSPS) is 17.2. The van der Waals surface area contributed by atoms with Gasteiger partial charge in [0.15, 0.2) is 11.6 Å². The Bertz CT molecular complexity index is 1060. The van der Waals surface area contributed by atoms with Crippen molar-refractivity contribution in [2.24, 2.45) is 5.92 Å². The summed E-state index contributed by atoms with van der Waals surface area (Å²) < 4.78 is 26.6. The van der Waals surface area contributed by atoms with Gasteiger partial charge < -0.3 is 14.7 Å². The van der Waals surface area contributed by atoms with Crippen LogP contribution in [0.15, 0.2) is 42.5 Å². The number of carbonyl (C=O) groups is 2. The Morgan fingerprint density at radius 1 is 0.879 bits per heavy atom. The molecular weight excluding hydrogens is 434 g/mol. The number of halogens is 2. The lowest BCUT2D eigenvalue weighted by atomic mass is 9.94. The van der Waals surface area contributed by atoms with E-state index in [1.54, 1.807) is 23.1 Å². The van der Waals surface area contributed by atoms with Gasteiger partial charge >= 0.3 is 0 Å². The minimum absolute atomic E-state index is 0.0251. The van der Waals surface area contributed by atoms with Crippen LogP contribution in [0.2, 0.25) is 0 Å². The summed E-state index contributed by atoms with van der Waals surface area (Å²) in [6.45, 7) is 2.49. The molecule has 2 fully saturated rings. The SMILES string of the molecule is O=C(c1ccc(F)c(F)c1)N1CCN(C(=O)C2CCN(c3ccccc3[N+](=O)[O-])CC2)CC1. The van der Waals surface area contributed by atoms with Crippen LogP contribution in [0.4, 0.5) is 20.2 Å². The van der Waals surface area contributed by atoms with Gasteiger partial charge in [0.1, 0.15) is 5.69 Å². The van der Waals surface area contributed by atoms with Gasteiger partial charge in [0.05, 0.1) is 4.92 Å². The molecule has 0 aromatic heterocycles. The number of anilines is 1. The van der Waals surface area contributed by atoms with Crippen molar-refractivity contribution in [2.75, 3.05) is 44.2 Å². The summed E-state index contributed by atoms with van der Waals surface area (Å²) >= 11 is 0. The Kier molecular flexibility index (Phi) is 6.52. The quantitative estimate of drug-likeness (QED) is 0.519. The summed E-state index contributed by atoms with van der Waals surface area (Å²) in [5.74, 6) is -2.61. The van der Waals surface area contributed by atoms with E-state index in [9.17, 15) is 28.5 Å². The maximum absolute atomic E-state index is 13.4. The fraction of sp³-hybridized carbons (Fsp3) is 0.391. The average Bonchev–Trinajstić information content (AvgIpc) is 2.85. The first kappa shape index (κ1) is 22.6. The van der Waals surface area contributed by atoms with Gasteiger partial charge in [-0.25, -0.2) is 8.78 Å². The van der Waals surface area contributed by atoms with Crippen molar-refractivity contribution >= 4 is 23.2 Å². The molecule has 2 saturated heterocycles. The van der Waals surface area contributed by atoms with E-state index in [2.05, 4.69) is 0 Å². The van der Waals surface area contributed by atoms with Crippen molar-refractivity contribution in [1.29, 1.82) is 0 Å². The van der Waals surface area contributed by atoms with Crippen molar-refractivity contribution in [3.8, 4) is 0 Å². The van der Waals surface area contributed by atoms with Crippen molar-refractivity contribution < 1.29 is 23.3 Å². The third-order valence-electron chi connectivity index (χ3n) is 6.31. The molecule has 10 heteroatoms. The fourth-order valence-corrected chi connectivity index (χ4v) is 4.45.